The van der Waals surface area contributed by atoms with E-state index in [1.54, 1.807) is 0 Å². The van der Waals surface area contributed by atoms with E-state index >= 15 is 0 Å². The molecule has 1 heterocycles. The van der Waals surface area contributed by atoms with Gasteiger partial charge in [0.05, 0.1) is 0 Å². The highest BCUT2D eigenvalue weighted by atomic mass is 14.9. The van der Waals surface area contributed by atoms with Crippen LogP contribution in [0.5, 0.6) is 0 Å². The Morgan fingerprint density at radius 2 is 1.83 bits per heavy atom. The van der Waals surface area contributed by atoms with Gasteiger partial charge in [0, 0.05) is 6.04 Å². The molecule has 0 aromatic rings. The molecule has 1 saturated carbocycles. The maximum Gasteiger partial charge on any atom is 0.00954 e. The molecule has 0 bridgehead atoms. The molecule has 70 valence electrons. The Hall–Kier alpha value is -0.0400. The van der Waals surface area contributed by atoms with E-state index in [0.717, 1.165) is 17.9 Å². The summed E-state index contributed by atoms with van der Waals surface area (Å²) in [6, 6.07) is 0.878. The molecule has 1 N–H and O–H groups in total. The van der Waals surface area contributed by atoms with Gasteiger partial charge in [0.15, 0.2) is 0 Å². The van der Waals surface area contributed by atoms with E-state index in [9.17, 15) is 0 Å². The van der Waals surface area contributed by atoms with Gasteiger partial charge in [0.2, 0.25) is 0 Å². The van der Waals surface area contributed by atoms with Gasteiger partial charge in [-0.05, 0) is 50.5 Å². The highest BCUT2D eigenvalue weighted by Crippen LogP contribution is 2.31. The third kappa shape index (κ3) is 1.82. The molecule has 2 fully saturated rings. The topological polar surface area (TPSA) is 12.0 Å². The van der Waals surface area contributed by atoms with E-state index in [0.29, 0.717) is 0 Å². The maximum atomic E-state index is 3.68. The summed E-state index contributed by atoms with van der Waals surface area (Å²) in [5.74, 6) is 2.00. The van der Waals surface area contributed by atoms with Crippen LogP contribution >= 0.6 is 0 Å². The SMILES string of the molecule is CC1CCC2CCCNC2CC1. The summed E-state index contributed by atoms with van der Waals surface area (Å²) >= 11 is 0. The van der Waals surface area contributed by atoms with E-state index in [4.69, 9.17) is 0 Å². The van der Waals surface area contributed by atoms with Gasteiger partial charge in [-0.2, -0.15) is 0 Å². The van der Waals surface area contributed by atoms with Crippen molar-refractivity contribution in [2.45, 2.75) is 51.5 Å². The minimum absolute atomic E-state index is 0.878. The quantitative estimate of drug-likeness (QED) is 0.584. The second kappa shape index (κ2) is 3.78. The Kier molecular flexibility index (Phi) is 2.69. The smallest absolute Gasteiger partial charge is 0.00954 e. The van der Waals surface area contributed by atoms with Crippen LogP contribution in [0.15, 0.2) is 0 Å². The Labute approximate surface area is 75.9 Å². The Bertz CT molecular complexity index is 128. The van der Waals surface area contributed by atoms with Crippen LogP contribution in [0.3, 0.4) is 0 Å². The summed E-state index contributed by atoms with van der Waals surface area (Å²) < 4.78 is 0. The second-order valence-electron chi connectivity index (χ2n) is 4.72. The summed E-state index contributed by atoms with van der Waals surface area (Å²) in [5.41, 5.74) is 0. The minimum atomic E-state index is 0.878. The summed E-state index contributed by atoms with van der Waals surface area (Å²) in [5, 5.41) is 3.68. The molecule has 3 atom stereocenters. The van der Waals surface area contributed by atoms with Crippen LogP contribution in [0.1, 0.15) is 45.4 Å². The van der Waals surface area contributed by atoms with Crippen LogP contribution < -0.4 is 5.32 Å². The number of rotatable bonds is 0. The first-order chi connectivity index (χ1) is 5.86. The number of hydrogen-bond donors (Lipinski definition) is 1. The number of fused-ring (bicyclic) bond motifs is 1. The standard InChI is InChI=1S/C11H21N/c1-9-4-6-10-3-2-8-12-11(10)7-5-9/h9-12H,2-8H2,1H3. The lowest BCUT2D eigenvalue weighted by Gasteiger charge is -2.30. The molecule has 0 spiro atoms. The number of hydrogen-bond acceptors (Lipinski definition) is 1. The van der Waals surface area contributed by atoms with Crippen molar-refractivity contribution in [2.24, 2.45) is 11.8 Å². The average molecular weight is 167 g/mol. The van der Waals surface area contributed by atoms with E-state index < -0.39 is 0 Å². The van der Waals surface area contributed by atoms with Crippen molar-refractivity contribution < 1.29 is 0 Å². The van der Waals surface area contributed by atoms with Crippen LogP contribution in [0.25, 0.3) is 0 Å². The highest BCUT2D eigenvalue weighted by molar-refractivity contribution is 4.84. The normalized spacial score (nSPS) is 43.2. The molecule has 1 saturated heterocycles. The van der Waals surface area contributed by atoms with Gasteiger partial charge in [-0.15, -0.1) is 0 Å². The van der Waals surface area contributed by atoms with Crippen LogP contribution in [-0.2, 0) is 0 Å². The van der Waals surface area contributed by atoms with Crippen LogP contribution in [-0.4, -0.2) is 12.6 Å². The van der Waals surface area contributed by atoms with Crippen LogP contribution in [0.2, 0.25) is 0 Å². The van der Waals surface area contributed by atoms with Gasteiger partial charge in [-0.25, -0.2) is 0 Å². The monoisotopic (exact) mass is 167 g/mol. The van der Waals surface area contributed by atoms with E-state index in [1.807, 2.05) is 0 Å². The van der Waals surface area contributed by atoms with Gasteiger partial charge < -0.3 is 5.32 Å². The second-order valence-corrected chi connectivity index (χ2v) is 4.72. The summed E-state index contributed by atoms with van der Waals surface area (Å²) in [6.45, 7) is 3.69. The van der Waals surface area contributed by atoms with Crippen molar-refractivity contribution in [1.82, 2.24) is 5.32 Å². The molecule has 1 nitrogen and oxygen atoms in total. The first-order valence-corrected chi connectivity index (χ1v) is 5.59. The predicted molar refractivity (Wildman–Crippen MR) is 52.1 cm³/mol. The number of nitrogens with one attached hydrogen (secondary N) is 1. The molecule has 0 amide bonds. The molecule has 0 aromatic carbocycles. The molecular weight excluding hydrogens is 146 g/mol. The average Bonchev–Trinajstić information content (AvgIpc) is 2.29. The Morgan fingerprint density at radius 3 is 2.75 bits per heavy atom. The molecule has 1 aliphatic carbocycles. The van der Waals surface area contributed by atoms with Crippen molar-refractivity contribution >= 4 is 0 Å². The van der Waals surface area contributed by atoms with Gasteiger partial charge in [0.25, 0.3) is 0 Å². The van der Waals surface area contributed by atoms with Crippen molar-refractivity contribution in [3.8, 4) is 0 Å². The molecule has 1 aliphatic heterocycles. The van der Waals surface area contributed by atoms with Gasteiger partial charge in [0.1, 0.15) is 0 Å². The summed E-state index contributed by atoms with van der Waals surface area (Å²) in [7, 11) is 0. The zero-order chi connectivity index (χ0) is 8.39. The Balaban J connectivity index is 1.94. The maximum absolute atomic E-state index is 3.68. The third-order valence-electron chi connectivity index (χ3n) is 3.73. The fourth-order valence-corrected chi connectivity index (χ4v) is 2.81. The van der Waals surface area contributed by atoms with Crippen molar-refractivity contribution in [3.63, 3.8) is 0 Å². The van der Waals surface area contributed by atoms with Crippen molar-refractivity contribution in [3.05, 3.63) is 0 Å². The van der Waals surface area contributed by atoms with Crippen molar-refractivity contribution in [1.29, 1.82) is 0 Å². The van der Waals surface area contributed by atoms with Gasteiger partial charge in [-0.3, -0.25) is 0 Å². The Morgan fingerprint density at radius 1 is 1.00 bits per heavy atom. The lowest BCUT2D eigenvalue weighted by molar-refractivity contribution is 0.266. The predicted octanol–water partition coefficient (Wildman–Crippen LogP) is 2.56. The molecule has 2 rings (SSSR count). The fourth-order valence-electron chi connectivity index (χ4n) is 2.81. The molecule has 3 unspecified atom stereocenters. The number of piperidine rings is 1. The molecule has 2 aliphatic rings. The fraction of sp³-hybridized carbons (Fsp3) is 1.00. The van der Waals surface area contributed by atoms with Gasteiger partial charge >= 0.3 is 0 Å². The van der Waals surface area contributed by atoms with Crippen molar-refractivity contribution in [2.75, 3.05) is 6.54 Å². The van der Waals surface area contributed by atoms with Crippen LogP contribution in [0.4, 0.5) is 0 Å². The molecular formula is C11H21N. The zero-order valence-electron chi connectivity index (χ0n) is 8.18. The first kappa shape index (κ1) is 8.55. The van der Waals surface area contributed by atoms with E-state index in [2.05, 4.69) is 12.2 Å². The summed E-state index contributed by atoms with van der Waals surface area (Å²) in [6.07, 6.45) is 8.75. The molecule has 0 radical (unpaired) electrons. The van der Waals surface area contributed by atoms with Gasteiger partial charge in [-0.1, -0.05) is 13.3 Å². The van der Waals surface area contributed by atoms with Crippen LogP contribution in [0, 0.1) is 11.8 Å². The first-order valence-electron chi connectivity index (χ1n) is 5.59. The third-order valence-corrected chi connectivity index (χ3v) is 3.73. The zero-order valence-corrected chi connectivity index (χ0v) is 8.18. The summed E-state index contributed by atoms with van der Waals surface area (Å²) in [4.78, 5) is 0. The van der Waals surface area contributed by atoms with E-state index in [-0.39, 0.29) is 0 Å². The molecule has 12 heavy (non-hydrogen) atoms. The lowest BCUT2D eigenvalue weighted by atomic mass is 9.87. The largest absolute Gasteiger partial charge is 0.314 e. The molecule has 0 aromatic heterocycles. The highest BCUT2D eigenvalue weighted by Gasteiger charge is 2.27. The van der Waals surface area contributed by atoms with E-state index in [1.165, 1.54) is 45.1 Å². The lowest BCUT2D eigenvalue weighted by Crippen LogP contribution is -2.40. The molecule has 1 heteroatoms. The minimum Gasteiger partial charge on any atom is -0.314 e.